The Morgan fingerprint density at radius 3 is 1.94 bits per heavy atom. The van der Waals surface area contributed by atoms with Crippen molar-refractivity contribution in [3.8, 4) is 0 Å². The van der Waals surface area contributed by atoms with E-state index in [-0.39, 0.29) is 16.9 Å². The molecule has 2 fully saturated rings. The summed E-state index contributed by atoms with van der Waals surface area (Å²) in [5.41, 5.74) is 0.187. The van der Waals surface area contributed by atoms with E-state index in [1.165, 1.54) is 12.8 Å². The summed E-state index contributed by atoms with van der Waals surface area (Å²) in [7, 11) is 0. The summed E-state index contributed by atoms with van der Waals surface area (Å²) in [6.07, 6.45) is 4.50. The second-order valence-electron chi connectivity index (χ2n) is 6.53. The van der Waals surface area contributed by atoms with E-state index >= 15 is 0 Å². The molecule has 0 aromatic rings. The van der Waals surface area contributed by atoms with E-state index in [1.54, 1.807) is 0 Å². The third-order valence-corrected chi connectivity index (χ3v) is 5.13. The molecule has 2 saturated heterocycles. The lowest BCUT2D eigenvalue weighted by Crippen LogP contribution is -2.71. The van der Waals surface area contributed by atoms with Crippen LogP contribution in [0.25, 0.3) is 0 Å². The monoisotopic (exact) mass is 254 g/mol. The number of piperidine rings is 2. The fourth-order valence-corrected chi connectivity index (χ4v) is 4.46. The average Bonchev–Trinajstić information content (AvgIpc) is 2.33. The zero-order valence-corrected chi connectivity index (χ0v) is 12.3. The van der Waals surface area contributed by atoms with Gasteiger partial charge in [0.15, 0.2) is 0 Å². The molecule has 0 radical (unpaired) electrons. The third kappa shape index (κ3) is 2.21. The number of rotatable bonds is 5. The molecule has 18 heavy (non-hydrogen) atoms. The van der Waals surface area contributed by atoms with Gasteiger partial charge >= 0.3 is 0 Å². The van der Waals surface area contributed by atoms with Crippen LogP contribution in [0, 0.1) is 10.8 Å². The van der Waals surface area contributed by atoms with Gasteiger partial charge in [-0.15, -0.1) is 0 Å². The zero-order chi connectivity index (χ0) is 13.2. The van der Waals surface area contributed by atoms with Crippen molar-refractivity contribution in [2.45, 2.75) is 52.6 Å². The number of nitrogens with one attached hydrogen (secondary N) is 1. The Kier molecular flexibility index (Phi) is 4.35. The van der Waals surface area contributed by atoms with E-state index in [0.29, 0.717) is 0 Å². The lowest BCUT2D eigenvalue weighted by molar-refractivity contribution is -0.161. The van der Waals surface area contributed by atoms with Gasteiger partial charge in [-0.05, 0) is 19.4 Å². The topological polar surface area (TPSA) is 35.5 Å². The molecule has 2 rings (SSSR count). The number of likely N-dealkylation sites (tertiary alicyclic amines) is 1. The first kappa shape index (κ1) is 14.3. The molecule has 0 amide bonds. The molecule has 3 atom stereocenters. The SMILES string of the molecule is CCC[C@]12CNC[C@](CCC)(CN(CC)C1)C2O. The minimum atomic E-state index is -0.117. The van der Waals surface area contributed by atoms with Crippen LogP contribution in [0.2, 0.25) is 0 Å². The highest BCUT2D eigenvalue weighted by Crippen LogP contribution is 2.48. The minimum Gasteiger partial charge on any atom is -0.392 e. The Morgan fingerprint density at radius 2 is 1.56 bits per heavy atom. The van der Waals surface area contributed by atoms with Gasteiger partial charge in [-0.2, -0.15) is 0 Å². The molecule has 0 saturated carbocycles. The van der Waals surface area contributed by atoms with Gasteiger partial charge in [0.25, 0.3) is 0 Å². The van der Waals surface area contributed by atoms with Crippen molar-refractivity contribution in [2.24, 2.45) is 10.8 Å². The maximum atomic E-state index is 11.0. The zero-order valence-electron chi connectivity index (χ0n) is 12.3. The summed E-state index contributed by atoms with van der Waals surface area (Å²) in [6.45, 7) is 12.0. The second-order valence-corrected chi connectivity index (χ2v) is 6.53. The second kappa shape index (κ2) is 5.48. The number of hydrogen-bond acceptors (Lipinski definition) is 3. The van der Waals surface area contributed by atoms with Gasteiger partial charge in [-0.3, -0.25) is 0 Å². The Hall–Kier alpha value is -0.120. The predicted octanol–water partition coefficient (Wildman–Crippen LogP) is 1.86. The smallest absolute Gasteiger partial charge is 0.0701 e. The molecule has 3 nitrogen and oxygen atoms in total. The molecule has 2 heterocycles. The van der Waals surface area contributed by atoms with Crippen LogP contribution < -0.4 is 5.32 Å². The predicted molar refractivity (Wildman–Crippen MR) is 75.7 cm³/mol. The van der Waals surface area contributed by atoms with Crippen molar-refractivity contribution in [1.82, 2.24) is 10.2 Å². The van der Waals surface area contributed by atoms with Crippen molar-refractivity contribution in [3.63, 3.8) is 0 Å². The van der Waals surface area contributed by atoms with Crippen LogP contribution in [0.3, 0.4) is 0 Å². The maximum absolute atomic E-state index is 11.0. The summed E-state index contributed by atoms with van der Waals surface area (Å²) < 4.78 is 0. The summed E-state index contributed by atoms with van der Waals surface area (Å²) in [4.78, 5) is 2.57. The standard InChI is InChI=1S/C15H30N2O/c1-4-7-14-9-16-10-15(8-5-2,13(14)18)12-17(6-3)11-14/h13,16,18H,4-12H2,1-3H3/t13?,14-,15+. The van der Waals surface area contributed by atoms with Crippen molar-refractivity contribution in [1.29, 1.82) is 0 Å². The summed E-state index contributed by atoms with van der Waals surface area (Å²) in [6, 6.07) is 0. The van der Waals surface area contributed by atoms with Crippen molar-refractivity contribution >= 4 is 0 Å². The van der Waals surface area contributed by atoms with Crippen molar-refractivity contribution in [3.05, 3.63) is 0 Å². The van der Waals surface area contributed by atoms with E-state index in [9.17, 15) is 5.11 Å². The third-order valence-electron chi connectivity index (χ3n) is 5.13. The largest absolute Gasteiger partial charge is 0.392 e. The quantitative estimate of drug-likeness (QED) is 0.786. The summed E-state index contributed by atoms with van der Waals surface area (Å²) >= 11 is 0. The molecular formula is C15H30N2O. The first-order valence-electron chi connectivity index (χ1n) is 7.73. The van der Waals surface area contributed by atoms with E-state index in [2.05, 4.69) is 31.0 Å². The van der Waals surface area contributed by atoms with Gasteiger partial charge < -0.3 is 15.3 Å². The Balaban J connectivity index is 2.28. The molecule has 2 aliphatic rings. The van der Waals surface area contributed by atoms with E-state index in [4.69, 9.17) is 0 Å². The summed E-state index contributed by atoms with van der Waals surface area (Å²) in [5, 5.41) is 14.6. The van der Waals surface area contributed by atoms with E-state index < -0.39 is 0 Å². The molecule has 0 aromatic heterocycles. The van der Waals surface area contributed by atoms with Crippen LogP contribution in [0.15, 0.2) is 0 Å². The first-order valence-corrected chi connectivity index (χ1v) is 7.73. The van der Waals surface area contributed by atoms with Gasteiger partial charge in [0.1, 0.15) is 0 Å². The van der Waals surface area contributed by atoms with E-state index in [1.807, 2.05) is 0 Å². The minimum absolute atomic E-state index is 0.0937. The molecule has 0 aliphatic carbocycles. The Morgan fingerprint density at radius 1 is 1.06 bits per heavy atom. The van der Waals surface area contributed by atoms with Crippen LogP contribution in [-0.2, 0) is 0 Å². The highest BCUT2D eigenvalue weighted by atomic mass is 16.3. The number of nitrogens with zero attached hydrogens (tertiary/aromatic N) is 1. The lowest BCUT2D eigenvalue weighted by atomic mass is 9.59. The van der Waals surface area contributed by atoms with Crippen LogP contribution in [-0.4, -0.2) is 48.8 Å². The van der Waals surface area contributed by atoms with Crippen molar-refractivity contribution < 1.29 is 5.11 Å². The molecule has 0 aromatic carbocycles. The molecule has 0 spiro atoms. The van der Waals surface area contributed by atoms with Crippen LogP contribution in [0.5, 0.6) is 0 Å². The van der Waals surface area contributed by atoms with E-state index in [0.717, 1.165) is 45.6 Å². The Labute approximate surface area is 112 Å². The molecule has 2 aliphatic heterocycles. The Bertz CT molecular complexity index is 252. The van der Waals surface area contributed by atoms with Gasteiger partial charge in [0.05, 0.1) is 6.10 Å². The maximum Gasteiger partial charge on any atom is 0.0701 e. The normalized spacial score (nSPS) is 41.0. The van der Waals surface area contributed by atoms with Crippen molar-refractivity contribution in [2.75, 3.05) is 32.7 Å². The number of aliphatic hydroxyl groups is 1. The molecule has 2 bridgehead atoms. The van der Waals surface area contributed by atoms with Crippen LogP contribution in [0.4, 0.5) is 0 Å². The highest BCUT2D eigenvalue weighted by molar-refractivity contribution is 5.09. The van der Waals surface area contributed by atoms with Gasteiger partial charge in [-0.25, -0.2) is 0 Å². The number of aliphatic hydroxyl groups excluding tert-OH is 1. The average molecular weight is 254 g/mol. The fraction of sp³-hybridized carbons (Fsp3) is 1.00. The lowest BCUT2D eigenvalue weighted by Gasteiger charge is -2.60. The van der Waals surface area contributed by atoms with Crippen LogP contribution >= 0.6 is 0 Å². The van der Waals surface area contributed by atoms with Crippen LogP contribution in [0.1, 0.15) is 46.5 Å². The molecule has 1 unspecified atom stereocenters. The van der Waals surface area contributed by atoms with Gasteiger partial charge in [0.2, 0.25) is 0 Å². The van der Waals surface area contributed by atoms with Gasteiger partial charge in [-0.1, -0.05) is 33.6 Å². The molecule has 2 N–H and O–H groups in total. The fourth-order valence-electron chi connectivity index (χ4n) is 4.46. The number of fused-ring (bicyclic) bond motifs is 2. The molecule has 106 valence electrons. The summed E-state index contributed by atoms with van der Waals surface area (Å²) in [5.74, 6) is 0. The number of hydrogen-bond donors (Lipinski definition) is 2. The van der Waals surface area contributed by atoms with Gasteiger partial charge in [0, 0.05) is 37.0 Å². The molecule has 3 heteroatoms. The molecular weight excluding hydrogens is 224 g/mol. The first-order chi connectivity index (χ1) is 8.62. The highest BCUT2D eigenvalue weighted by Gasteiger charge is 2.56.